The molecule has 0 saturated carbocycles. The summed E-state index contributed by atoms with van der Waals surface area (Å²) in [6, 6.07) is 63.4. The van der Waals surface area contributed by atoms with Crippen molar-refractivity contribution in [2.75, 3.05) is 0 Å². The molecule has 4 heterocycles. The van der Waals surface area contributed by atoms with Crippen LogP contribution in [0.1, 0.15) is 0 Å². The van der Waals surface area contributed by atoms with Gasteiger partial charge < -0.3 is 4.42 Å². The van der Waals surface area contributed by atoms with Crippen LogP contribution in [0.3, 0.4) is 0 Å². The normalized spacial score (nSPS) is 11.8. The number of hydrogen-bond donors (Lipinski definition) is 0. The van der Waals surface area contributed by atoms with Crippen molar-refractivity contribution >= 4 is 54.9 Å². The van der Waals surface area contributed by atoms with Gasteiger partial charge in [-0.15, -0.1) is 0 Å². The summed E-state index contributed by atoms with van der Waals surface area (Å²) in [7, 11) is 0. The summed E-state index contributed by atoms with van der Waals surface area (Å²) in [6.45, 7) is 0. The number of rotatable bonds is 5. The Bertz CT molecular complexity index is 3140. The van der Waals surface area contributed by atoms with Gasteiger partial charge in [0.25, 0.3) is 0 Å². The van der Waals surface area contributed by atoms with Crippen molar-refractivity contribution in [3.63, 3.8) is 0 Å². The molecule has 11 aromatic rings. The van der Waals surface area contributed by atoms with Gasteiger partial charge in [-0.05, 0) is 59.7 Å². The molecule has 0 aliphatic carbocycles. The van der Waals surface area contributed by atoms with E-state index in [0.717, 1.165) is 100 Å². The van der Waals surface area contributed by atoms with Crippen LogP contribution in [0, 0.1) is 0 Å². The van der Waals surface area contributed by atoms with Gasteiger partial charge in [0.2, 0.25) is 0 Å². The Morgan fingerprint density at radius 1 is 0.396 bits per heavy atom. The second kappa shape index (κ2) is 11.7. The Balaban J connectivity index is 1.04. The molecule has 5 nitrogen and oxygen atoms in total. The maximum atomic E-state index is 6.66. The van der Waals surface area contributed by atoms with E-state index >= 15 is 0 Å². The van der Waals surface area contributed by atoms with Gasteiger partial charge in [-0.2, -0.15) is 0 Å². The smallest absolute Gasteiger partial charge is 0.162 e. The molecule has 11 rings (SSSR count). The third kappa shape index (κ3) is 4.57. The Kier molecular flexibility index (Phi) is 6.48. The van der Waals surface area contributed by atoms with E-state index in [1.54, 1.807) is 0 Å². The minimum atomic E-state index is 0.799. The summed E-state index contributed by atoms with van der Waals surface area (Å²) in [5, 5.41) is 4.43. The first-order chi connectivity index (χ1) is 26.3. The number of furan rings is 1. The zero-order valence-corrected chi connectivity index (χ0v) is 28.5. The maximum absolute atomic E-state index is 6.66. The number of hydrogen-bond acceptors (Lipinski definition) is 3. The molecule has 0 bridgehead atoms. The monoisotopic (exact) mass is 678 g/mol. The fourth-order valence-electron chi connectivity index (χ4n) is 7.92. The molecule has 0 unspecified atom stereocenters. The Morgan fingerprint density at radius 3 is 1.66 bits per heavy atom. The Morgan fingerprint density at radius 2 is 0.943 bits per heavy atom. The van der Waals surface area contributed by atoms with Crippen LogP contribution in [0.2, 0.25) is 0 Å². The molecule has 0 amide bonds. The highest BCUT2D eigenvalue weighted by Gasteiger charge is 2.23. The lowest BCUT2D eigenvalue weighted by Crippen LogP contribution is -1.97. The predicted molar refractivity (Wildman–Crippen MR) is 217 cm³/mol. The SMILES string of the molecule is c1ccc(-n2c(-c3ccc(-c4ccc(-c5nc6c(c7ccccc7n6-c6ccccc6)c6c5oc5ccccc56)cc4)cc3)nc3ccccc32)cc1. The van der Waals surface area contributed by atoms with Crippen LogP contribution in [0.25, 0.3) is 100 Å². The number of imidazole rings is 1. The van der Waals surface area contributed by atoms with Crippen LogP contribution in [0.15, 0.2) is 186 Å². The van der Waals surface area contributed by atoms with E-state index in [2.05, 4.69) is 167 Å². The molecule has 0 atom stereocenters. The van der Waals surface area contributed by atoms with Crippen LogP contribution in [-0.2, 0) is 0 Å². The molecule has 248 valence electrons. The quantitative estimate of drug-likeness (QED) is 0.182. The molecule has 0 fully saturated rings. The Labute approximate surface area is 304 Å². The summed E-state index contributed by atoms with van der Waals surface area (Å²) in [5.41, 5.74) is 13.0. The number of pyridine rings is 1. The van der Waals surface area contributed by atoms with Crippen molar-refractivity contribution < 1.29 is 4.42 Å². The summed E-state index contributed by atoms with van der Waals surface area (Å²) in [6.07, 6.45) is 0. The van der Waals surface area contributed by atoms with E-state index in [1.807, 2.05) is 24.3 Å². The van der Waals surface area contributed by atoms with Gasteiger partial charge in [-0.1, -0.05) is 133 Å². The number of nitrogens with zero attached hydrogens (tertiary/aromatic N) is 4. The first-order valence-electron chi connectivity index (χ1n) is 17.8. The van der Waals surface area contributed by atoms with Crippen LogP contribution >= 0.6 is 0 Å². The van der Waals surface area contributed by atoms with E-state index in [-0.39, 0.29) is 0 Å². The lowest BCUT2D eigenvalue weighted by atomic mass is 10.00. The van der Waals surface area contributed by atoms with E-state index in [1.165, 1.54) is 0 Å². The first-order valence-corrected chi connectivity index (χ1v) is 17.8. The van der Waals surface area contributed by atoms with Gasteiger partial charge in [-0.25, -0.2) is 9.97 Å². The largest absolute Gasteiger partial charge is 0.454 e. The topological polar surface area (TPSA) is 48.8 Å². The predicted octanol–water partition coefficient (Wildman–Crippen LogP) is 12.4. The van der Waals surface area contributed by atoms with Crippen LogP contribution < -0.4 is 0 Å². The average molecular weight is 679 g/mol. The third-order valence-corrected chi connectivity index (χ3v) is 10.4. The lowest BCUT2D eigenvalue weighted by molar-refractivity contribution is 0.668. The van der Waals surface area contributed by atoms with Gasteiger partial charge in [-0.3, -0.25) is 9.13 Å². The van der Waals surface area contributed by atoms with Crippen molar-refractivity contribution in [2.24, 2.45) is 0 Å². The summed E-state index contributed by atoms with van der Waals surface area (Å²) >= 11 is 0. The van der Waals surface area contributed by atoms with E-state index in [9.17, 15) is 0 Å². The zero-order chi connectivity index (χ0) is 34.9. The molecule has 5 heteroatoms. The number of aromatic nitrogens is 4. The molecular formula is C48H30N4O. The molecule has 0 N–H and O–H groups in total. The minimum absolute atomic E-state index is 0.799. The fourth-order valence-corrected chi connectivity index (χ4v) is 7.92. The summed E-state index contributed by atoms with van der Waals surface area (Å²) < 4.78 is 11.2. The molecule has 0 spiro atoms. The van der Waals surface area contributed by atoms with Crippen molar-refractivity contribution in [3.8, 4) is 45.1 Å². The van der Waals surface area contributed by atoms with Crippen molar-refractivity contribution in [1.82, 2.24) is 19.1 Å². The van der Waals surface area contributed by atoms with Gasteiger partial charge in [0.15, 0.2) is 5.58 Å². The highest BCUT2D eigenvalue weighted by Crippen LogP contribution is 2.44. The second-order valence-corrected chi connectivity index (χ2v) is 13.4. The molecule has 0 aliphatic rings. The molecule has 4 aromatic heterocycles. The van der Waals surface area contributed by atoms with E-state index < -0.39 is 0 Å². The van der Waals surface area contributed by atoms with E-state index in [4.69, 9.17) is 14.4 Å². The highest BCUT2D eigenvalue weighted by atomic mass is 16.3. The molecule has 0 aliphatic heterocycles. The second-order valence-electron chi connectivity index (χ2n) is 13.4. The summed E-state index contributed by atoms with van der Waals surface area (Å²) in [5.74, 6) is 0.920. The third-order valence-electron chi connectivity index (χ3n) is 10.4. The molecular weight excluding hydrogens is 649 g/mol. The Hall–Kier alpha value is -7.24. The average Bonchev–Trinajstić information content (AvgIpc) is 3.91. The molecule has 0 saturated heterocycles. The van der Waals surface area contributed by atoms with Crippen LogP contribution in [0.4, 0.5) is 0 Å². The van der Waals surface area contributed by atoms with Gasteiger partial charge in [0, 0.05) is 44.0 Å². The number of benzene rings is 7. The minimum Gasteiger partial charge on any atom is -0.454 e. The van der Waals surface area contributed by atoms with E-state index in [0.29, 0.717) is 0 Å². The van der Waals surface area contributed by atoms with Crippen molar-refractivity contribution in [3.05, 3.63) is 182 Å². The highest BCUT2D eigenvalue weighted by molar-refractivity contribution is 6.28. The first kappa shape index (κ1) is 29.5. The summed E-state index contributed by atoms with van der Waals surface area (Å²) in [4.78, 5) is 10.5. The molecule has 53 heavy (non-hydrogen) atoms. The fraction of sp³-hybridized carbons (Fsp3) is 0. The van der Waals surface area contributed by atoms with Gasteiger partial charge in [0.05, 0.1) is 16.6 Å². The molecule has 0 radical (unpaired) electrons. The van der Waals surface area contributed by atoms with Crippen LogP contribution in [-0.4, -0.2) is 19.1 Å². The van der Waals surface area contributed by atoms with Gasteiger partial charge in [0.1, 0.15) is 22.7 Å². The number of para-hydroxylation sites is 6. The van der Waals surface area contributed by atoms with Crippen molar-refractivity contribution in [1.29, 1.82) is 0 Å². The zero-order valence-electron chi connectivity index (χ0n) is 28.5. The lowest BCUT2D eigenvalue weighted by Gasteiger charge is -2.11. The van der Waals surface area contributed by atoms with Gasteiger partial charge >= 0.3 is 0 Å². The standard InChI is InChI=1S/C48H30N4O/c1-3-13-35(14-4-1)51-40-20-10-7-17-37(40)44-43-38-18-8-12-22-42(38)53-46(43)45(50-48(44)51)33-27-23-31(24-28-33)32-25-29-34(30-26-32)47-49-39-19-9-11-21-41(39)52(47)36-15-5-2-6-16-36/h1-30H. The van der Waals surface area contributed by atoms with Crippen molar-refractivity contribution in [2.45, 2.75) is 0 Å². The maximum Gasteiger partial charge on any atom is 0.162 e. The number of fused-ring (bicyclic) bond motifs is 8. The molecule has 7 aromatic carbocycles. The van der Waals surface area contributed by atoms with Crippen LogP contribution in [0.5, 0.6) is 0 Å².